The van der Waals surface area contributed by atoms with Crippen LogP contribution in [0.15, 0.2) is 79.1 Å². The van der Waals surface area contributed by atoms with Crippen LogP contribution >= 0.6 is 0 Å². The quantitative estimate of drug-likeness (QED) is 0.745. The Morgan fingerprint density at radius 3 is 2.30 bits per heavy atom. The predicted octanol–water partition coefficient (Wildman–Crippen LogP) is 3.41. The van der Waals surface area contributed by atoms with E-state index in [2.05, 4.69) is 10.4 Å². The Morgan fingerprint density at radius 1 is 1.00 bits per heavy atom. The first-order valence-corrected chi connectivity index (χ1v) is 8.49. The maximum absolute atomic E-state index is 13.4. The van der Waals surface area contributed by atoms with Crippen LogP contribution < -0.4 is 20.9 Å². The molecule has 4 rings (SSSR count). The molecule has 27 heavy (non-hydrogen) atoms. The molecule has 0 aliphatic carbocycles. The van der Waals surface area contributed by atoms with Crippen LogP contribution in [0.25, 0.3) is 5.70 Å². The highest BCUT2D eigenvalue weighted by atomic mass is 19.1. The zero-order valence-corrected chi connectivity index (χ0v) is 14.8. The normalized spacial score (nSPS) is 18.8. The van der Waals surface area contributed by atoms with Crippen molar-refractivity contribution in [3.05, 3.63) is 96.1 Å². The number of halogens is 1. The molecule has 5 nitrogen and oxygen atoms in total. The van der Waals surface area contributed by atoms with Crippen molar-refractivity contribution >= 4 is 11.4 Å². The molecule has 0 fully saturated rings. The van der Waals surface area contributed by atoms with E-state index in [1.54, 1.807) is 31.6 Å². The van der Waals surface area contributed by atoms with Crippen molar-refractivity contribution in [1.82, 2.24) is 10.4 Å². The van der Waals surface area contributed by atoms with Crippen LogP contribution in [0.3, 0.4) is 0 Å². The van der Waals surface area contributed by atoms with Gasteiger partial charge in [-0.3, -0.25) is 21.2 Å². The number of benzene rings is 2. The van der Waals surface area contributed by atoms with E-state index in [9.17, 15) is 4.39 Å². The van der Waals surface area contributed by atoms with E-state index in [1.807, 2.05) is 47.5 Å². The fraction of sp³-hybridized carbons (Fsp3) is 0.0952. The van der Waals surface area contributed by atoms with Crippen LogP contribution in [0.5, 0.6) is 5.75 Å². The molecular formula is C21H19FN4O. The molecule has 3 N–H and O–H groups in total. The van der Waals surface area contributed by atoms with E-state index in [-0.39, 0.29) is 5.82 Å². The third-order valence-electron chi connectivity index (χ3n) is 4.60. The number of nitrogens with one attached hydrogen (secondary N) is 1. The number of hydrazine groups is 1. The number of hydrogen-bond donors (Lipinski definition) is 2. The lowest BCUT2D eigenvalue weighted by atomic mass is 9.98. The van der Waals surface area contributed by atoms with Gasteiger partial charge in [0.2, 0.25) is 0 Å². The molecule has 1 unspecified atom stereocenters. The minimum absolute atomic E-state index is 0.303. The highest BCUT2D eigenvalue weighted by Crippen LogP contribution is 2.37. The molecule has 0 amide bonds. The van der Waals surface area contributed by atoms with Gasteiger partial charge >= 0.3 is 0 Å². The lowest BCUT2D eigenvalue weighted by molar-refractivity contribution is 0.414. The lowest BCUT2D eigenvalue weighted by Crippen LogP contribution is -2.53. The molecule has 0 saturated carbocycles. The van der Waals surface area contributed by atoms with Gasteiger partial charge in [-0.1, -0.05) is 12.1 Å². The van der Waals surface area contributed by atoms with Crippen molar-refractivity contribution in [2.45, 2.75) is 5.66 Å². The van der Waals surface area contributed by atoms with Gasteiger partial charge in [0.05, 0.1) is 18.5 Å². The van der Waals surface area contributed by atoms with Gasteiger partial charge in [0.25, 0.3) is 0 Å². The minimum atomic E-state index is -0.999. The molecule has 0 saturated heterocycles. The topological polar surface area (TPSA) is 63.4 Å². The standard InChI is InChI=1S/C21H19FN4O/c1-27-19-8-6-18(7-9-19)26-21(23,16-2-4-17(22)5-3-16)14-20(25-26)15-10-12-24-13-11-15/h2-14,25H,23H2,1H3. The minimum Gasteiger partial charge on any atom is -0.497 e. The predicted molar refractivity (Wildman–Crippen MR) is 103 cm³/mol. The van der Waals surface area contributed by atoms with Crippen LogP contribution in [0.1, 0.15) is 11.1 Å². The zero-order valence-electron chi connectivity index (χ0n) is 14.8. The molecule has 2 heterocycles. The average molecular weight is 362 g/mol. The van der Waals surface area contributed by atoms with E-state index < -0.39 is 5.66 Å². The van der Waals surface area contributed by atoms with Gasteiger partial charge in [0, 0.05) is 18.0 Å². The second-order valence-electron chi connectivity index (χ2n) is 6.27. The van der Waals surface area contributed by atoms with E-state index in [1.165, 1.54) is 12.1 Å². The summed E-state index contributed by atoms with van der Waals surface area (Å²) in [7, 11) is 1.62. The van der Waals surface area contributed by atoms with Crippen LogP contribution in [-0.4, -0.2) is 12.1 Å². The van der Waals surface area contributed by atoms with Crippen molar-refractivity contribution in [2.75, 3.05) is 12.1 Å². The lowest BCUT2D eigenvalue weighted by Gasteiger charge is -2.36. The first kappa shape index (κ1) is 17.1. The molecule has 1 atom stereocenters. The fourth-order valence-electron chi connectivity index (χ4n) is 3.15. The Labute approximate surface area is 156 Å². The Kier molecular flexibility index (Phi) is 4.25. The first-order valence-electron chi connectivity index (χ1n) is 8.49. The molecule has 1 aliphatic rings. The number of methoxy groups -OCH3 is 1. The molecule has 136 valence electrons. The van der Waals surface area contributed by atoms with Crippen molar-refractivity contribution in [3.8, 4) is 5.75 Å². The Morgan fingerprint density at radius 2 is 1.67 bits per heavy atom. The van der Waals surface area contributed by atoms with Crippen LogP contribution in [0, 0.1) is 5.82 Å². The fourth-order valence-corrected chi connectivity index (χ4v) is 3.15. The van der Waals surface area contributed by atoms with Crippen LogP contribution in [0.2, 0.25) is 0 Å². The number of ether oxygens (including phenoxy) is 1. The molecule has 1 aliphatic heterocycles. The second-order valence-corrected chi connectivity index (χ2v) is 6.27. The summed E-state index contributed by atoms with van der Waals surface area (Å²) in [5.74, 6) is 0.451. The molecule has 0 radical (unpaired) electrons. The third kappa shape index (κ3) is 3.11. The number of aromatic nitrogens is 1. The molecular weight excluding hydrogens is 343 g/mol. The maximum atomic E-state index is 13.4. The summed E-state index contributed by atoms with van der Waals surface area (Å²) in [5.41, 5.74) is 12.6. The summed E-state index contributed by atoms with van der Waals surface area (Å²) in [5, 5.41) is 1.86. The third-order valence-corrected chi connectivity index (χ3v) is 4.60. The van der Waals surface area contributed by atoms with Crippen molar-refractivity contribution in [3.63, 3.8) is 0 Å². The molecule has 3 aromatic rings. The van der Waals surface area contributed by atoms with Gasteiger partial charge in [0.1, 0.15) is 11.6 Å². The molecule has 0 spiro atoms. The number of nitrogens with zero attached hydrogens (tertiary/aromatic N) is 2. The van der Waals surface area contributed by atoms with Gasteiger partial charge in [0.15, 0.2) is 5.66 Å². The second kappa shape index (κ2) is 6.74. The maximum Gasteiger partial charge on any atom is 0.155 e. The monoisotopic (exact) mass is 362 g/mol. The van der Waals surface area contributed by atoms with Crippen molar-refractivity contribution in [2.24, 2.45) is 5.73 Å². The number of anilines is 1. The highest BCUT2D eigenvalue weighted by molar-refractivity contribution is 5.73. The highest BCUT2D eigenvalue weighted by Gasteiger charge is 2.39. The van der Waals surface area contributed by atoms with Gasteiger partial charge in [-0.25, -0.2) is 4.39 Å². The summed E-state index contributed by atoms with van der Waals surface area (Å²) in [4.78, 5) is 4.06. The van der Waals surface area contributed by atoms with Gasteiger partial charge in [-0.05, 0) is 60.2 Å². The van der Waals surface area contributed by atoms with E-state index in [4.69, 9.17) is 10.5 Å². The Bertz CT molecular complexity index is 958. The summed E-state index contributed by atoms with van der Waals surface area (Å²) < 4.78 is 18.7. The Balaban J connectivity index is 1.80. The van der Waals surface area contributed by atoms with Crippen molar-refractivity contribution in [1.29, 1.82) is 0 Å². The number of nitrogens with two attached hydrogens (primary N) is 1. The van der Waals surface area contributed by atoms with Gasteiger partial charge in [-0.2, -0.15) is 0 Å². The number of hydrogen-bond acceptors (Lipinski definition) is 5. The summed E-state index contributed by atoms with van der Waals surface area (Å²) in [6.45, 7) is 0. The average Bonchev–Trinajstić information content (AvgIpc) is 3.08. The largest absolute Gasteiger partial charge is 0.497 e. The summed E-state index contributed by atoms with van der Waals surface area (Å²) in [6, 6.07) is 17.6. The first-order chi connectivity index (χ1) is 13.1. The zero-order chi connectivity index (χ0) is 18.9. The van der Waals surface area contributed by atoms with Gasteiger partial charge < -0.3 is 4.74 Å². The number of rotatable bonds is 4. The van der Waals surface area contributed by atoms with E-state index in [0.717, 1.165) is 28.3 Å². The van der Waals surface area contributed by atoms with Crippen LogP contribution in [0.4, 0.5) is 10.1 Å². The smallest absolute Gasteiger partial charge is 0.155 e. The molecule has 0 bridgehead atoms. The SMILES string of the molecule is COc1ccc(N2NC(c3ccncc3)=CC2(N)c2ccc(F)cc2)cc1. The Hall–Kier alpha value is -3.38. The van der Waals surface area contributed by atoms with Gasteiger partial charge in [-0.15, -0.1) is 0 Å². The molecule has 6 heteroatoms. The number of pyridine rings is 1. The molecule has 1 aromatic heterocycles. The van der Waals surface area contributed by atoms with E-state index >= 15 is 0 Å². The van der Waals surface area contributed by atoms with E-state index in [0.29, 0.717) is 0 Å². The summed E-state index contributed by atoms with van der Waals surface area (Å²) >= 11 is 0. The molecule has 2 aromatic carbocycles. The van der Waals surface area contributed by atoms with Crippen LogP contribution in [-0.2, 0) is 5.66 Å². The van der Waals surface area contributed by atoms with Crippen molar-refractivity contribution < 1.29 is 9.13 Å². The summed E-state index contributed by atoms with van der Waals surface area (Å²) in [6.07, 6.45) is 5.38.